The molecule has 0 aromatic carbocycles. The van der Waals surface area contributed by atoms with Crippen molar-refractivity contribution in [2.45, 2.75) is 40.0 Å². The number of carbonyl (C=O) groups excluding carboxylic acids is 1. The molecule has 1 aliphatic rings. The number of carbonyl (C=O) groups is 1. The second-order valence-electron chi connectivity index (χ2n) is 4.57. The molecule has 0 bridgehead atoms. The average Bonchev–Trinajstić information content (AvgIpc) is 2.26. The standard InChI is InChI=1S/C14H20O2/c1-10(2)14(15)16-9-12(4)13-7-5-11(3)6-8-13/h5,9,13H,1,6-8H2,2-4H3. The average molecular weight is 220 g/mol. The summed E-state index contributed by atoms with van der Waals surface area (Å²) < 4.78 is 5.02. The third-order valence-corrected chi connectivity index (χ3v) is 2.98. The Hall–Kier alpha value is -1.31. The van der Waals surface area contributed by atoms with Crippen molar-refractivity contribution in [1.29, 1.82) is 0 Å². The highest BCUT2D eigenvalue weighted by molar-refractivity contribution is 5.87. The molecule has 0 fully saturated rings. The molecule has 1 unspecified atom stereocenters. The molecule has 16 heavy (non-hydrogen) atoms. The van der Waals surface area contributed by atoms with Crippen LogP contribution in [0.15, 0.2) is 35.6 Å². The molecule has 1 atom stereocenters. The van der Waals surface area contributed by atoms with E-state index in [1.807, 2.05) is 6.92 Å². The van der Waals surface area contributed by atoms with Gasteiger partial charge in [-0.1, -0.05) is 18.2 Å². The van der Waals surface area contributed by atoms with Crippen LogP contribution in [0.4, 0.5) is 0 Å². The maximum atomic E-state index is 11.2. The molecule has 1 rings (SSSR count). The molecular weight excluding hydrogens is 200 g/mol. The smallest absolute Gasteiger partial charge is 0.337 e. The lowest BCUT2D eigenvalue weighted by molar-refractivity contribution is -0.133. The molecule has 0 saturated carbocycles. The van der Waals surface area contributed by atoms with E-state index in [2.05, 4.69) is 19.6 Å². The van der Waals surface area contributed by atoms with E-state index >= 15 is 0 Å². The maximum absolute atomic E-state index is 11.2. The molecule has 0 amide bonds. The minimum absolute atomic E-state index is 0.345. The van der Waals surface area contributed by atoms with E-state index in [4.69, 9.17) is 4.74 Å². The molecule has 0 spiro atoms. The third-order valence-electron chi connectivity index (χ3n) is 2.98. The van der Waals surface area contributed by atoms with Crippen LogP contribution in [0.5, 0.6) is 0 Å². The van der Waals surface area contributed by atoms with Crippen molar-refractivity contribution in [2.75, 3.05) is 0 Å². The highest BCUT2D eigenvalue weighted by Gasteiger charge is 2.14. The first-order chi connectivity index (χ1) is 7.50. The minimum atomic E-state index is -0.345. The lowest BCUT2D eigenvalue weighted by Gasteiger charge is -2.20. The van der Waals surface area contributed by atoms with Crippen LogP contribution in [0.25, 0.3) is 0 Å². The number of hydrogen-bond acceptors (Lipinski definition) is 2. The van der Waals surface area contributed by atoms with Crippen LogP contribution in [-0.4, -0.2) is 5.97 Å². The second kappa shape index (κ2) is 5.69. The zero-order valence-electron chi connectivity index (χ0n) is 10.4. The Labute approximate surface area is 97.7 Å². The van der Waals surface area contributed by atoms with E-state index in [1.54, 1.807) is 13.2 Å². The summed E-state index contributed by atoms with van der Waals surface area (Å²) >= 11 is 0. The third kappa shape index (κ3) is 3.69. The summed E-state index contributed by atoms with van der Waals surface area (Å²) in [5.41, 5.74) is 3.03. The van der Waals surface area contributed by atoms with E-state index in [0.717, 1.165) is 24.8 Å². The number of hydrogen-bond donors (Lipinski definition) is 0. The predicted octanol–water partition coefficient (Wildman–Crippen LogP) is 3.76. The van der Waals surface area contributed by atoms with Crippen molar-refractivity contribution in [3.05, 3.63) is 35.6 Å². The van der Waals surface area contributed by atoms with Gasteiger partial charge in [-0.2, -0.15) is 0 Å². The monoisotopic (exact) mass is 220 g/mol. The molecular formula is C14H20O2. The SMILES string of the molecule is C=C(C)C(=O)OC=C(C)C1CC=C(C)CC1. The van der Waals surface area contributed by atoms with E-state index < -0.39 is 0 Å². The Bertz CT molecular complexity index is 348. The minimum Gasteiger partial charge on any atom is -0.431 e. The van der Waals surface area contributed by atoms with Crippen LogP contribution in [0.1, 0.15) is 40.0 Å². The highest BCUT2D eigenvalue weighted by atomic mass is 16.5. The normalized spacial score (nSPS) is 21.3. The topological polar surface area (TPSA) is 26.3 Å². The molecule has 1 aliphatic carbocycles. The fraction of sp³-hybridized carbons (Fsp3) is 0.500. The Morgan fingerprint density at radius 2 is 2.25 bits per heavy atom. The molecule has 0 N–H and O–H groups in total. The van der Waals surface area contributed by atoms with Crippen LogP contribution in [-0.2, 0) is 9.53 Å². The Balaban J connectivity index is 2.51. The summed E-state index contributed by atoms with van der Waals surface area (Å²) in [6, 6.07) is 0. The van der Waals surface area contributed by atoms with Gasteiger partial charge in [-0.3, -0.25) is 0 Å². The van der Waals surface area contributed by atoms with Gasteiger partial charge in [-0.15, -0.1) is 0 Å². The zero-order chi connectivity index (χ0) is 12.1. The first-order valence-corrected chi connectivity index (χ1v) is 5.69. The molecule has 88 valence electrons. The van der Waals surface area contributed by atoms with Crippen molar-refractivity contribution in [3.63, 3.8) is 0 Å². The Morgan fingerprint density at radius 3 is 2.75 bits per heavy atom. The lowest BCUT2D eigenvalue weighted by atomic mass is 9.86. The predicted molar refractivity (Wildman–Crippen MR) is 65.8 cm³/mol. The van der Waals surface area contributed by atoms with E-state index in [-0.39, 0.29) is 5.97 Å². The summed E-state index contributed by atoms with van der Waals surface area (Å²) in [6.45, 7) is 9.37. The van der Waals surface area contributed by atoms with Crippen molar-refractivity contribution < 1.29 is 9.53 Å². The summed E-state index contributed by atoms with van der Waals surface area (Å²) in [4.78, 5) is 11.2. The van der Waals surface area contributed by atoms with Crippen molar-refractivity contribution >= 4 is 5.97 Å². The molecule has 0 aromatic heterocycles. The summed E-state index contributed by atoms with van der Waals surface area (Å²) in [6.07, 6.45) is 7.20. The molecule has 2 heteroatoms. The molecule has 0 aliphatic heterocycles. The van der Waals surface area contributed by atoms with Gasteiger partial charge in [0.2, 0.25) is 0 Å². The van der Waals surface area contributed by atoms with Gasteiger partial charge < -0.3 is 4.74 Å². The van der Waals surface area contributed by atoms with Gasteiger partial charge in [0, 0.05) is 5.57 Å². The second-order valence-corrected chi connectivity index (χ2v) is 4.57. The first-order valence-electron chi connectivity index (χ1n) is 5.69. The van der Waals surface area contributed by atoms with E-state index in [0.29, 0.717) is 11.5 Å². The number of allylic oxidation sites excluding steroid dienone is 3. The molecule has 0 radical (unpaired) electrons. The maximum Gasteiger partial charge on any atom is 0.337 e. The number of esters is 1. The van der Waals surface area contributed by atoms with Crippen molar-refractivity contribution in [1.82, 2.24) is 0 Å². The zero-order valence-corrected chi connectivity index (χ0v) is 10.4. The molecule has 0 heterocycles. The van der Waals surface area contributed by atoms with Crippen molar-refractivity contribution in [3.8, 4) is 0 Å². The van der Waals surface area contributed by atoms with Gasteiger partial charge in [-0.05, 0) is 51.5 Å². The van der Waals surface area contributed by atoms with Gasteiger partial charge in [0.15, 0.2) is 0 Å². The van der Waals surface area contributed by atoms with Crippen LogP contribution in [0.2, 0.25) is 0 Å². The van der Waals surface area contributed by atoms with Crippen LogP contribution >= 0.6 is 0 Å². The van der Waals surface area contributed by atoms with E-state index in [9.17, 15) is 4.79 Å². The molecule has 2 nitrogen and oxygen atoms in total. The van der Waals surface area contributed by atoms with Crippen LogP contribution < -0.4 is 0 Å². The fourth-order valence-corrected chi connectivity index (χ4v) is 1.72. The Kier molecular flexibility index (Phi) is 4.53. The van der Waals surface area contributed by atoms with E-state index in [1.165, 1.54) is 5.57 Å². The van der Waals surface area contributed by atoms with Gasteiger partial charge in [0.1, 0.15) is 0 Å². The largest absolute Gasteiger partial charge is 0.431 e. The lowest BCUT2D eigenvalue weighted by Crippen LogP contribution is -2.08. The molecule has 0 saturated heterocycles. The summed E-state index contributed by atoms with van der Waals surface area (Å²) in [5, 5.41) is 0. The van der Waals surface area contributed by atoms with Crippen LogP contribution in [0, 0.1) is 5.92 Å². The summed E-state index contributed by atoms with van der Waals surface area (Å²) in [5.74, 6) is 0.170. The van der Waals surface area contributed by atoms with Gasteiger partial charge in [0.25, 0.3) is 0 Å². The van der Waals surface area contributed by atoms with Crippen LogP contribution in [0.3, 0.4) is 0 Å². The Morgan fingerprint density at radius 1 is 1.56 bits per heavy atom. The van der Waals surface area contributed by atoms with Crippen molar-refractivity contribution in [2.24, 2.45) is 5.92 Å². The number of rotatable bonds is 3. The molecule has 0 aromatic rings. The quantitative estimate of drug-likeness (QED) is 0.313. The summed E-state index contributed by atoms with van der Waals surface area (Å²) in [7, 11) is 0. The highest BCUT2D eigenvalue weighted by Crippen LogP contribution is 2.28. The first kappa shape index (κ1) is 12.8. The van der Waals surface area contributed by atoms with Gasteiger partial charge in [0.05, 0.1) is 6.26 Å². The number of ether oxygens (including phenoxy) is 1. The fourth-order valence-electron chi connectivity index (χ4n) is 1.72. The van der Waals surface area contributed by atoms with Gasteiger partial charge >= 0.3 is 5.97 Å². The van der Waals surface area contributed by atoms with Gasteiger partial charge in [-0.25, -0.2) is 4.79 Å².